The van der Waals surface area contributed by atoms with Crippen molar-refractivity contribution < 1.29 is 9.66 Å². The molecule has 1 aromatic carbocycles. The van der Waals surface area contributed by atoms with Gasteiger partial charge >= 0.3 is 0 Å². The molecule has 106 valence electrons. The zero-order valence-corrected chi connectivity index (χ0v) is 11.8. The lowest BCUT2D eigenvalue weighted by Gasteiger charge is -2.35. The molecule has 1 heterocycles. The highest BCUT2D eigenvalue weighted by Crippen LogP contribution is 2.25. The van der Waals surface area contributed by atoms with Crippen LogP contribution in [0, 0.1) is 10.1 Å². The Morgan fingerprint density at radius 1 is 1.53 bits per heavy atom. The first-order valence-electron chi connectivity index (χ1n) is 5.84. The number of methoxy groups -OCH3 is 1. The van der Waals surface area contributed by atoms with Gasteiger partial charge in [-0.1, -0.05) is 0 Å². The second-order valence-electron chi connectivity index (χ2n) is 4.48. The average Bonchev–Trinajstić information content (AvgIpc) is 2.26. The molecule has 0 bridgehead atoms. The molecule has 0 radical (unpaired) electrons. The number of likely N-dealkylation sites (N-methyl/N-ethyl adjacent to an activating group) is 1. The van der Waals surface area contributed by atoms with Crippen molar-refractivity contribution in [1.29, 1.82) is 0 Å². The van der Waals surface area contributed by atoms with E-state index in [1.165, 1.54) is 6.07 Å². The SMILES string of the molecule is COc1ccc([N+](=O)[O-])cc1CN(C)C1CNC1.Cl. The molecule has 0 unspecified atom stereocenters. The van der Waals surface area contributed by atoms with Crippen molar-refractivity contribution in [1.82, 2.24) is 10.2 Å². The lowest BCUT2D eigenvalue weighted by Crippen LogP contribution is -2.55. The fourth-order valence-corrected chi connectivity index (χ4v) is 1.99. The fourth-order valence-electron chi connectivity index (χ4n) is 1.99. The van der Waals surface area contributed by atoms with E-state index in [0.717, 1.165) is 18.7 Å². The summed E-state index contributed by atoms with van der Waals surface area (Å²) in [5.74, 6) is 0.694. The van der Waals surface area contributed by atoms with E-state index in [1.54, 1.807) is 19.2 Å². The van der Waals surface area contributed by atoms with E-state index in [2.05, 4.69) is 10.2 Å². The lowest BCUT2D eigenvalue weighted by molar-refractivity contribution is -0.385. The summed E-state index contributed by atoms with van der Waals surface area (Å²) < 4.78 is 5.25. The highest BCUT2D eigenvalue weighted by molar-refractivity contribution is 5.85. The van der Waals surface area contributed by atoms with Crippen LogP contribution in [0.5, 0.6) is 5.75 Å². The van der Waals surface area contributed by atoms with Crippen molar-refractivity contribution >= 4 is 18.1 Å². The molecule has 0 aromatic heterocycles. The first kappa shape index (κ1) is 15.7. The van der Waals surface area contributed by atoms with Crippen LogP contribution in [0.4, 0.5) is 5.69 Å². The predicted molar refractivity (Wildman–Crippen MR) is 75.0 cm³/mol. The number of ether oxygens (including phenoxy) is 1. The Morgan fingerprint density at radius 3 is 2.68 bits per heavy atom. The molecule has 0 spiro atoms. The number of nitro benzene ring substituents is 1. The van der Waals surface area contributed by atoms with Crippen molar-refractivity contribution in [2.24, 2.45) is 0 Å². The third kappa shape index (κ3) is 3.56. The number of nitrogens with zero attached hydrogens (tertiary/aromatic N) is 2. The smallest absolute Gasteiger partial charge is 0.270 e. The Bertz CT molecular complexity index is 452. The standard InChI is InChI=1S/C12H17N3O3.ClH/c1-14(11-6-13-7-11)8-9-5-10(15(16)17)3-4-12(9)18-2;/h3-5,11,13H,6-8H2,1-2H3;1H. The number of nitro groups is 1. The summed E-state index contributed by atoms with van der Waals surface area (Å²) in [6.07, 6.45) is 0. The number of rotatable bonds is 5. The van der Waals surface area contributed by atoms with E-state index in [4.69, 9.17) is 4.74 Å². The Balaban J connectivity index is 0.00000180. The summed E-state index contributed by atoms with van der Waals surface area (Å²) >= 11 is 0. The van der Waals surface area contributed by atoms with Crippen molar-refractivity contribution in [2.75, 3.05) is 27.2 Å². The number of nitrogens with one attached hydrogen (secondary N) is 1. The molecule has 0 amide bonds. The second kappa shape index (κ2) is 6.70. The minimum absolute atomic E-state index is 0. The minimum Gasteiger partial charge on any atom is -0.496 e. The molecule has 1 aliphatic rings. The zero-order valence-electron chi connectivity index (χ0n) is 11.0. The number of halogens is 1. The van der Waals surface area contributed by atoms with Crippen LogP contribution < -0.4 is 10.1 Å². The summed E-state index contributed by atoms with van der Waals surface area (Å²) in [7, 11) is 3.60. The Kier molecular flexibility index (Phi) is 5.53. The molecule has 0 saturated carbocycles. The van der Waals surface area contributed by atoms with Crippen LogP contribution in [0.25, 0.3) is 0 Å². The summed E-state index contributed by atoms with van der Waals surface area (Å²) in [4.78, 5) is 12.6. The third-order valence-corrected chi connectivity index (χ3v) is 3.28. The van der Waals surface area contributed by atoms with E-state index in [0.29, 0.717) is 18.3 Å². The van der Waals surface area contributed by atoms with Crippen LogP contribution in [0.3, 0.4) is 0 Å². The average molecular weight is 288 g/mol. The molecule has 1 aromatic rings. The van der Waals surface area contributed by atoms with Gasteiger partial charge in [0.2, 0.25) is 0 Å². The monoisotopic (exact) mass is 287 g/mol. The molecule has 1 aliphatic heterocycles. The van der Waals surface area contributed by atoms with Crippen molar-refractivity contribution in [3.8, 4) is 5.75 Å². The van der Waals surface area contributed by atoms with Gasteiger partial charge in [0.25, 0.3) is 5.69 Å². The largest absolute Gasteiger partial charge is 0.496 e. The molecule has 19 heavy (non-hydrogen) atoms. The number of non-ortho nitro benzene ring substituents is 1. The molecular formula is C12H18ClN3O3. The van der Waals surface area contributed by atoms with E-state index >= 15 is 0 Å². The maximum Gasteiger partial charge on any atom is 0.270 e. The van der Waals surface area contributed by atoms with E-state index < -0.39 is 0 Å². The summed E-state index contributed by atoms with van der Waals surface area (Å²) in [6, 6.07) is 5.20. The number of hydrogen-bond acceptors (Lipinski definition) is 5. The maximum absolute atomic E-state index is 10.8. The van der Waals surface area contributed by atoms with Crippen molar-refractivity contribution in [3.05, 3.63) is 33.9 Å². The number of hydrogen-bond donors (Lipinski definition) is 1. The van der Waals surface area contributed by atoms with Gasteiger partial charge in [-0.05, 0) is 13.1 Å². The molecular weight excluding hydrogens is 270 g/mol. The van der Waals surface area contributed by atoms with Gasteiger partial charge in [0.15, 0.2) is 0 Å². The molecule has 2 rings (SSSR count). The second-order valence-corrected chi connectivity index (χ2v) is 4.48. The van der Waals surface area contributed by atoms with Gasteiger partial charge in [0.05, 0.1) is 12.0 Å². The summed E-state index contributed by atoms with van der Waals surface area (Å²) in [5, 5.41) is 14.0. The topological polar surface area (TPSA) is 67.6 Å². The molecule has 1 N–H and O–H groups in total. The van der Waals surface area contributed by atoms with E-state index in [-0.39, 0.29) is 23.0 Å². The van der Waals surface area contributed by atoms with Crippen LogP contribution in [-0.4, -0.2) is 43.1 Å². The normalized spacial score (nSPS) is 14.7. The molecule has 6 nitrogen and oxygen atoms in total. The first-order valence-corrected chi connectivity index (χ1v) is 5.84. The molecule has 1 fully saturated rings. The van der Waals surface area contributed by atoms with Crippen LogP contribution in [0.2, 0.25) is 0 Å². The Hall–Kier alpha value is -1.37. The predicted octanol–water partition coefficient (Wildman–Crippen LogP) is 1.43. The quantitative estimate of drug-likeness (QED) is 0.655. The lowest BCUT2D eigenvalue weighted by atomic mass is 10.1. The van der Waals surface area contributed by atoms with Crippen LogP contribution in [0.1, 0.15) is 5.56 Å². The van der Waals surface area contributed by atoms with E-state index in [9.17, 15) is 10.1 Å². The highest BCUT2D eigenvalue weighted by atomic mass is 35.5. The molecule has 0 aliphatic carbocycles. The van der Waals surface area contributed by atoms with Gasteiger partial charge in [-0.3, -0.25) is 15.0 Å². The summed E-state index contributed by atoms with van der Waals surface area (Å²) in [5.41, 5.74) is 0.951. The molecule has 0 atom stereocenters. The maximum atomic E-state index is 10.8. The molecule has 1 saturated heterocycles. The van der Waals surface area contributed by atoms with Gasteiger partial charge in [-0.25, -0.2) is 0 Å². The minimum atomic E-state index is -0.381. The third-order valence-electron chi connectivity index (χ3n) is 3.28. The van der Waals surface area contributed by atoms with Gasteiger partial charge in [-0.15, -0.1) is 12.4 Å². The number of benzene rings is 1. The molecule has 7 heteroatoms. The highest BCUT2D eigenvalue weighted by Gasteiger charge is 2.23. The van der Waals surface area contributed by atoms with Gasteiger partial charge in [-0.2, -0.15) is 0 Å². The Morgan fingerprint density at radius 2 is 2.21 bits per heavy atom. The van der Waals surface area contributed by atoms with Gasteiger partial charge in [0, 0.05) is 43.4 Å². The van der Waals surface area contributed by atoms with Crippen LogP contribution in [-0.2, 0) is 6.54 Å². The van der Waals surface area contributed by atoms with Crippen LogP contribution >= 0.6 is 12.4 Å². The fraction of sp³-hybridized carbons (Fsp3) is 0.500. The van der Waals surface area contributed by atoms with Crippen LogP contribution in [0.15, 0.2) is 18.2 Å². The van der Waals surface area contributed by atoms with Crippen molar-refractivity contribution in [3.63, 3.8) is 0 Å². The summed E-state index contributed by atoms with van der Waals surface area (Å²) in [6.45, 7) is 2.58. The van der Waals surface area contributed by atoms with Gasteiger partial charge < -0.3 is 10.1 Å². The zero-order chi connectivity index (χ0) is 13.1. The van der Waals surface area contributed by atoms with E-state index in [1.807, 2.05) is 7.05 Å². The first-order chi connectivity index (χ1) is 8.61. The Labute approximate surface area is 118 Å². The van der Waals surface area contributed by atoms with Crippen molar-refractivity contribution in [2.45, 2.75) is 12.6 Å². The van der Waals surface area contributed by atoms with Gasteiger partial charge in [0.1, 0.15) is 5.75 Å².